The van der Waals surface area contributed by atoms with E-state index in [0.29, 0.717) is 10.0 Å². The maximum atomic E-state index is 14.0. The molecule has 0 fully saturated rings. The molecule has 5 heteroatoms. The van der Waals surface area contributed by atoms with Crippen LogP contribution < -0.4 is 5.73 Å². The van der Waals surface area contributed by atoms with Crippen LogP contribution in [0.4, 0.5) is 8.78 Å². The second kappa shape index (κ2) is 5.34. The van der Waals surface area contributed by atoms with Gasteiger partial charge in [-0.15, -0.1) is 0 Å². The molecule has 2 aromatic rings. The second-order valence-electron chi connectivity index (χ2n) is 3.80. The Hall–Kier alpha value is -0.970. The zero-order chi connectivity index (χ0) is 13.3. The van der Waals surface area contributed by atoms with E-state index in [-0.39, 0.29) is 10.6 Å². The summed E-state index contributed by atoms with van der Waals surface area (Å²) in [5, 5.41) is -0.0284. The Kier molecular flexibility index (Phi) is 4.00. The Morgan fingerprint density at radius 1 is 1.17 bits per heavy atom. The Balaban J connectivity index is 2.46. The highest BCUT2D eigenvalue weighted by atomic mass is 79.9. The molecule has 0 spiro atoms. The number of rotatable bonds is 2. The molecule has 18 heavy (non-hydrogen) atoms. The van der Waals surface area contributed by atoms with Crippen molar-refractivity contribution in [1.29, 1.82) is 0 Å². The molecule has 0 aliphatic carbocycles. The fourth-order valence-electron chi connectivity index (χ4n) is 1.66. The van der Waals surface area contributed by atoms with Crippen LogP contribution in [-0.4, -0.2) is 0 Å². The van der Waals surface area contributed by atoms with Gasteiger partial charge in [-0.25, -0.2) is 8.78 Å². The van der Waals surface area contributed by atoms with Crippen LogP contribution in [0.25, 0.3) is 0 Å². The van der Waals surface area contributed by atoms with Gasteiger partial charge >= 0.3 is 0 Å². The summed E-state index contributed by atoms with van der Waals surface area (Å²) in [5.41, 5.74) is 6.65. The van der Waals surface area contributed by atoms with Crippen molar-refractivity contribution in [2.24, 2.45) is 5.73 Å². The van der Waals surface area contributed by atoms with Crippen LogP contribution in [0.15, 0.2) is 40.9 Å². The SMILES string of the molecule is NC(c1cccc(F)c1)c1ccc(Br)c(Cl)c1F. The molecule has 0 aliphatic rings. The van der Waals surface area contributed by atoms with Crippen molar-refractivity contribution in [2.75, 3.05) is 0 Å². The van der Waals surface area contributed by atoms with Crippen molar-refractivity contribution in [3.05, 3.63) is 68.7 Å². The minimum atomic E-state index is -0.758. The summed E-state index contributed by atoms with van der Waals surface area (Å²) in [6.07, 6.45) is 0. The van der Waals surface area contributed by atoms with Crippen molar-refractivity contribution in [2.45, 2.75) is 6.04 Å². The van der Waals surface area contributed by atoms with Gasteiger partial charge in [0.25, 0.3) is 0 Å². The number of hydrogen-bond acceptors (Lipinski definition) is 1. The predicted molar refractivity (Wildman–Crippen MR) is 71.5 cm³/mol. The lowest BCUT2D eigenvalue weighted by molar-refractivity contribution is 0.595. The average molecular weight is 333 g/mol. The molecule has 94 valence electrons. The third-order valence-corrected chi connectivity index (χ3v) is 3.87. The van der Waals surface area contributed by atoms with Gasteiger partial charge in [0.1, 0.15) is 11.6 Å². The fourth-order valence-corrected chi connectivity index (χ4v) is 2.14. The highest BCUT2D eigenvalue weighted by Crippen LogP contribution is 2.31. The normalized spacial score (nSPS) is 12.5. The predicted octanol–water partition coefficient (Wildman–Crippen LogP) is 4.43. The van der Waals surface area contributed by atoms with E-state index in [1.807, 2.05) is 0 Å². The van der Waals surface area contributed by atoms with E-state index < -0.39 is 17.7 Å². The summed E-state index contributed by atoms with van der Waals surface area (Å²) < 4.78 is 27.5. The van der Waals surface area contributed by atoms with E-state index in [1.165, 1.54) is 24.3 Å². The third-order valence-electron chi connectivity index (χ3n) is 2.61. The quantitative estimate of drug-likeness (QED) is 0.809. The number of nitrogens with two attached hydrogens (primary N) is 1. The van der Waals surface area contributed by atoms with Crippen LogP contribution in [0.1, 0.15) is 17.2 Å². The lowest BCUT2D eigenvalue weighted by Gasteiger charge is -2.14. The summed E-state index contributed by atoms with van der Waals surface area (Å²) in [6.45, 7) is 0. The van der Waals surface area contributed by atoms with Gasteiger partial charge in [-0.05, 0) is 39.7 Å². The largest absolute Gasteiger partial charge is 0.320 e. The van der Waals surface area contributed by atoms with Gasteiger partial charge in [0.05, 0.1) is 11.1 Å². The number of hydrogen-bond donors (Lipinski definition) is 1. The molecule has 0 saturated heterocycles. The molecule has 1 atom stereocenters. The van der Waals surface area contributed by atoms with Crippen LogP contribution in [0.3, 0.4) is 0 Å². The summed E-state index contributed by atoms with van der Waals surface area (Å²) in [5.74, 6) is -1.01. The Bertz CT molecular complexity index is 589. The summed E-state index contributed by atoms with van der Waals surface area (Å²) >= 11 is 8.92. The maximum Gasteiger partial charge on any atom is 0.148 e. The summed E-state index contributed by atoms with van der Waals surface area (Å²) in [4.78, 5) is 0. The van der Waals surface area contributed by atoms with E-state index in [2.05, 4.69) is 15.9 Å². The molecular weight excluding hydrogens is 324 g/mol. The molecule has 1 nitrogen and oxygen atoms in total. The molecule has 0 aliphatic heterocycles. The Labute approximate surface area is 117 Å². The highest BCUT2D eigenvalue weighted by molar-refractivity contribution is 9.10. The zero-order valence-corrected chi connectivity index (χ0v) is 11.5. The van der Waals surface area contributed by atoms with Crippen molar-refractivity contribution >= 4 is 27.5 Å². The lowest BCUT2D eigenvalue weighted by atomic mass is 9.99. The lowest BCUT2D eigenvalue weighted by Crippen LogP contribution is -2.14. The molecule has 2 N–H and O–H groups in total. The molecule has 0 saturated carbocycles. The van der Waals surface area contributed by atoms with Gasteiger partial charge in [0.15, 0.2) is 0 Å². The minimum absolute atomic E-state index is 0.0284. The van der Waals surface area contributed by atoms with Crippen LogP contribution in [0, 0.1) is 11.6 Å². The number of halogens is 4. The van der Waals surface area contributed by atoms with E-state index in [9.17, 15) is 8.78 Å². The van der Waals surface area contributed by atoms with Gasteiger partial charge in [0.2, 0.25) is 0 Å². The first-order valence-corrected chi connectivity index (χ1v) is 6.32. The molecule has 0 amide bonds. The van der Waals surface area contributed by atoms with E-state index in [0.717, 1.165) is 0 Å². The first-order valence-electron chi connectivity index (χ1n) is 5.15. The minimum Gasteiger partial charge on any atom is -0.320 e. The second-order valence-corrected chi connectivity index (χ2v) is 5.03. The van der Waals surface area contributed by atoms with Crippen LogP contribution in [0.2, 0.25) is 5.02 Å². The van der Waals surface area contributed by atoms with Gasteiger partial charge in [-0.1, -0.05) is 29.8 Å². The average Bonchev–Trinajstić information content (AvgIpc) is 2.35. The number of benzene rings is 2. The van der Waals surface area contributed by atoms with Crippen molar-refractivity contribution in [3.8, 4) is 0 Å². The summed E-state index contributed by atoms with van der Waals surface area (Å²) in [7, 11) is 0. The van der Waals surface area contributed by atoms with E-state index in [4.69, 9.17) is 17.3 Å². The zero-order valence-electron chi connectivity index (χ0n) is 9.13. The molecular formula is C13H9BrClF2N. The molecule has 0 heterocycles. The Morgan fingerprint density at radius 2 is 1.89 bits per heavy atom. The van der Waals surface area contributed by atoms with Gasteiger partial charge < -0.3 is 5.73 Å². The van der Waals surface area contributed by atoms with Gasteiger partial charge in [-0.3, -0.25) is 0 Å². The summed E-state index contributed by atoms with van der Waals surface area (Å²) in [6, 6.07) is 8.14. The topological polar surface area (TPSA) is 26.0 Å². The maximum absolute atomic E-state index is 14.0. The molecule has 1 unspecified atom stereocenters. The van der Waals surface area contributed by atoms with Crippen LogP contribution >= 0.6 is 27.5 Å². The highest BCUT2D eigenvalue weighted by Gasteiger charge is 2.17. The fraction of sp³-hybridized carbons (Fsp3) is 0.0769. The van der Waals surface area contributed by atoms with Crippen molar-refractivity contribution < 1.29 is 8.78 Å². The molecule has 2 aromatic carbocycles. The standard InChI is InChI=1S/C13H9BrClF2N/c14-10-5-4-9(12(17)11(10)15)13(18)7-2-1-3-8(16)6-7/h1-6,13H,18H2. The van der Waals surface area contributed by atoms with Gasteiger partial charge in [0, 0.05) is 10.0 Å². The monoisotopic (exact) mass is 331 g/mol. The van der Waals surface area contributed by atoms with Gasteiger partial charge in [-0.2, -0.15) is 0 Å². The molecule has 2 rings (SSSR count). The third kappa shape index (κ3) is 2.55. The first-order chi connectivity index (χ1) is 8.50. The molecule has 0 radical (unpaired) electrons. The first kappa shape index (κ1) is 13.5. The van der Waals surface area contributed by atoms with E-state index >= 15 is 0 Å². The Morgan fingerprint density at radius 3 is 2.56 bits per heavy atom. The van der Waals surface area contributed by atoms with Crippen LogP contribution in [0.5, 0.6) is 0 Å². The van der Waals surface area contributed by atoms with E-state index in [1.54, 1.807) is 12.1 Å². The van der Waals surface area contributed by atoms with Crippen molar-refractivity contribution in [3.63, 3.8) is 0 Å². The van der Waals surface area contributed by atoms with Crippen LogP contribution in [-0.2, 0) is 0 Å². The smallest absolute Gasteiger partial charge is 0.148 e. The van der Waals surface area contributed by atoms with Crippen molar-refractivity contribution in [1.82, 2.24) is 0 Å². The molecule has 0 aromatic heterocycles. The molecule has 0 bridgehead atoms.